The van der Waals surface area contributed by atoms with E-state index in [4.69, 9.17) is 26.1 Å². The van der Waals surface area contributed by atoms with E-state index < -0.39 is 17.7 Å². The minimum atomic E-state index is -0.926. The molecule has 1 atom stereocenters. The third-order valence-corrected chi connectivity index (χ3v) is 8.93. The number of fused-ring (bicyclic) bond motifs is 2. The lowest BCUT2D eigenvalue weighted by atomic mass is 9.91. The van der Waals surface area contributed by atoms with Gasteiger partial charge in [-0.3, -0.25) is 9.67 Å². The van der Waals surface area contributed by atoms with Crippen molar-refractivity contribution in [2.24, 2.45) is 0 Å². The Kier molecular flexibility index (Phi) is 8.48. The fraction of sp³-hybridized carbons (Fsp3) is 0.278. The van der Waals surface area contributed by atoms with Crippen molar-refractivity contribution in [3.63, 3.8) is 0 Å². The molecule has 9 heteroatoms. The first kappa shape index (κ1) is 30.9. The van der Waals surface area contributed by atoms with E-state index in [1.165, 1.54) is 0 Å². The van der Waals surface area contributed by atoms with Crippen molar-refractivity contribution in [2.45, 2.75) is 59.8 Å². The summed E-state index contributed by atoms with van der Waals surface area (Å²) in [6.45, 7) is 12.8. The summed E-state index contributed by atoms with van der Waals surface area (Å²) < 4.78 is 14.9. The lowest BCUT2D eigenvalue weighted by Crippen LogP contribution is -2.29. The van der Waals surface area contributed by atoms with E-state index in [2.05, 4.69) is 41.3 Å². The molecule has 3 aromatic heterocycles. The van der Waals surface area contributed by atoms with Crippen LogP contribution in [0, 0.1) is 6.92 Å². The Hall–Kier alpha value is -4.11. The predicted molar refractivity (Wildman–Crippen MR) is 183 cm³/mol. The third-order valence-electron chi connectivity index (χ3n) is 7.54. The molecule has 0 aliphatic heterocycles. The first-order valence-corrected chi connectivity index (χ1v) is 16.2. The first-order chi connectivity index (χ1) is 21.6. The minimum Gasteiger partial charge on any atom is -0.464 e. The second kappa shape index (κ2) is 12.4. The van der Waals surface area contributed by atoms with Gasteiger partial charge in [0, 0.05) is 45.4 Å². The normalized spacial score (nSPS) is 12.6. The van der Waals surface area contributed by atoms with Gasteiger partial charge in [-0.15, -0.1) is 11.3 Å². The van der Waals surface area contributed by atoms with Crippen LogP contribution in [0.5, 0.6) is 0 Å². The van der Waals surface area contributed by atoms with Gasteiger partial charge in [0.2, 0.25) is 0 Å². The zero-order valence-electron chi connectivity index (χ0n) is 26.2. The number of aryl methyl sites for hydroxylation is 2. The highest BCUT2D eigenvalue weighted by atomic mass is 35.5. The number of thiazole rings is 1. The van der Waals surface area contributed by atoms with Gasteiger partial charge in [0.05, 0.1) is 39.8 Å². The highest BCUT2D eigenvalue weighted by molar-refractivity contribution is 7.22. The van der Waals surface area contributed by atoms with Gasteiger partial charge in [-0.1, -0.05) is 29.8 Å². The summed E-state index contributed by atoms with van der Waals surface area (Å²) in [4.78, 5) is 23.2. The van der Waals surface area contributed by atoms with E-state index in [9.17, 15) is 4.79 Å². The standard InChI is InChI=1S/C36H35ClN4O3S/c1-7-41-29-14-11-23(18-25(29)20-39-41)27-19-24(15-16-38-27)34-40-28-17-21(3)30(32(35(42)43-8-2)44-36(4,5)6)31(33(28)45-34)22-9-12-26(37)13-10-22/h9-20,32H,7-8H2,1-6H3. The molecule has 0 fully saturated rings. The summed E-state index contributed by atoms with van der Waals surface area (Å²) in [6, 6.07) is 20.0. The van der Waals surface area contributed by atoms with E-state index in [0.717, 1.165) is 71.7 Å². The molecule has 6 aromatic rings. The van der Waals surface area contributed by atoms with E-state index in [0.29, 0.717) is 5.02 Å². The molecule has 0 aliphatic rings. The molecular formula is C36H35ClN4O3S. The molecule has 7 nitrogen and oxygen atoms in total. The molecule has 0 N–H and O–H groups in total. The second-order valence-electron chi connectivity index (χ2n) is 11.9. The highest BCUT2D eigenvalue weighted by Crippen LogP contribution is 2.45. The number of hydrogen-bond acceptors (Lipinski definition) is 7. The van der Waals surface area contributed by atoms with Crippen molar-refractivity contribution in [1.82, 2.24) is 19.7 Å². The number of ether oxygens (including phenoxy) is 2. The second-order valence-corrected chi connectivity index (χ2v) is 13.3. The van der Waals surface area contributed by atoms with E-state index in [1.807, 2.05) is 81.2 Å². The van der Waals surface area contributed by atoms with Gasteiger partial charge in [0.1, 0.15) is 5.01 Å². The summed E-state index contributed by atoms with van der Waals surface area (Å²) in [5, 5.41) is 7.04. The van der Waals surface area contributed by atoms with Gasteiger partial charge in [-0.05, 0) is 95.1 Å². The Morgan fingerprint density at radius 3 is 2.47 bits per heavy atom. The first-order valence-electron chi connectivity index (χ1n) is 15.0. The monoisotopic (exact) mass is 638 g/mol. The maximum absolute atomic E-state index is 13.5. The van der Waals surface area contributed by atoms with Crippen molar-refractivity contribution < 1.29 is 14.3 Å². The van der Waals surface area contributed by atoms with Crippen molar-refractivity contribution >= 4 is 50.0 Å². The number of carbonyl (C=O) groups excluding carboxylic acids is 1. The lowest BCUT2D eigenvalue weighted by Gasteiger charge is -2.29. The number of hydrogen-bond donors (Lipinski definition) is 0. The van der Waals surface area contributed by atoms with Crippen molar-refractivity contribution in [2.75, 3.05) is 6.61 Å². The van der Waals surface area contributed by atoms with Crippen LogP contribution < -0.4 is 0 Å². The van der Waals surface area contributed by atoms with Gasteiger partial charge in [0.25, 0.3) is 0 Å². The summed E-state index contributed by atoms with van der Waals surface area (Å²) in [6.07, 6.45) is 2.79. The Bertz CT molecular complexity index is 2020. The molecule has 3 aromatic carbocycles. The fourth-order valence-electron chi connectivity index (χ4n) is 5.59. The van der Waals surface area contributed by atoms with E-state index in [-0.39, 0.29) is 6.61 Å². The fourth-order valence-corrected chi connectivity index (χ4v) is 6.84. The Morgan fingerprint density at radius 2 is 1.76 bits per heavy atom. The van der Waals surface area contributed by atoms with Crippen LogP contribution in [-0.2, 0) is 20.8 Å². The Labute approximate surface area is 271 Å². The molecular weight excluding hydrogens is 604 g/mol. The average Bonchev–Trinajstić information content (AvgIpc) is 3.63. The molecule has 0 aliphatic carbocycles. The summed E-state index contributed by atoms with van der Waals surface area (Å²) in [5.41, 5.74) is 7.63. The number of aromatic nitrogens is 4. The van der Waals surface area contributed by atoms with Crippen molar-refractivity contribution in [3.05, 3.63) is 89.2 Å². The number of carbonyl (C=O) groups is 1. The quantitative estimate of drug-likeness (QED) is 0.155. The third kappa shape index (κ3) is 6.23. The zero-order valence-corrected chi connectivity index (χ0v) is 27.8. The molecule has 0 saturated carbocycles. The van der Waals surface area contributed by atoms with Gasteiger partial charge in [-0.2, -0.15) is 5.10 Å². The topological polar surface area (TPSA) is 79.1 Å². The smallest absolute Gasteiger partial charge is 0.339 e. The molecule has 0 spiro atoms. The lowest BCUT2D eigenvalue weighted by molar-refractivity contribution is -0.166. The van der Waals surface area contributed by atoms with Crippen LogP contribution >= 0.6 is 22.9 Å². The summed E-state index contributed by atoms with van der Waals surface area (Å²) >= 11 is 7.88. The average molecular weight is 639 g/mol. The number of pyridine rings is 1. The van der Waals surface area contributed by atoms with E-state index in [1.54, 1.807) is 18.3 Å². The molecule has 45 heavy (non-hydrogen) atoms. The number of halogens is 1. The van der Waals surface area contributed by atoms with Crippen LogP contribution in [0.1, 0.15) is 51.8 Å². The Morgan fingerprint density at radius 1 is 1.00 bits per heavy atom. The van der Waals surface area contributed by atoms with Crippen LogP contribution in [0.15, 0.2) is 73.1 Å². The highest BCUT2D eigenvalue weighted by Gasteiger charge is 2.33. The van der Waals surface area contributed by atoms with Gasteiger partial charge < -0.3 is 9.47 Å². The van der Waals surface area contributed by atoms with Crippen molar-refractivity contribution in [1.29, 1.82) is 0 Å². The molecule has 0 saturated heterocycles. The zero-order chi connectivity index (χ0) is 31.9. The van der Waals surface area contributed by atoms with Crippen molar-refractivity contribution in [3.8, 4) is 33.0 Å². The molecule has 3 heterocycles. The molecule has 230 valence electrons. The van der Waals surface area contributed by atoms with Crippen LogP contribution in [0.25, 0.3) is 54.1 Å². The minimum absolute atomic E-state index is 0.253. The largest absolute Gasteiger partial charge is 0.464 e. The molecule has 0 radical (unpaired) electrons. The predicted octanol–water partition coefficient (Wildman–Crippen LogP) is 9.44. The molecule has 6 rings (SSSR count). The van der Waals surface area contributed by atoms with Crippen LogP contribution in [-0.4, -0.2) is 37.9 Å². The van der Waals surface area contributed by atoms with E-state index >= 15 is 0 Å². The maximum atomic E-state index is 13.5. The number of esters is 1. The molecule has 0 amide bonds. The number of benzene rings is 3. The number of rotatable bonds is 8. The van der Waals surface area contributed by atoms with Crippen LogP contribution in [0.2, 0.25) is 5.02 Å². The van der Waals surface area contributed by atoms with Gasteiger partial charge >= 0.3 is 5.97 Å². The van der Waals surface area contributed by atoms with Crippen LogP contribution in [0.3, 0.4) is 0 Å². The molecule has 1 unspecified atom stereocenters. The Balaban J connectivity index is 1.52. The van der Waals surface area contributed by atoms with Crippen LogP contribution in [0.4, 0.5) is 0 Å². The van der Waals surface area contributed by atoms with Gasteiger partial charge in [-0.25, -0.2) is 9.78 Å². The summed E-state index contributed by atoms with van der Waals surface area (Å²) in [5.74, 6) is -0.421. The molecule has 0 bridgehead atoms. The SMILES string of the molecule is CCOC(=O)C(OC(C)(C)C)c1c(C)cc2nc(-c3ccnc(-c4ccc5c(cnn5CC)c4)c3)sc2c1-c1ccc(Cl)cc1. The summed E-state index contributed by atoms with van der Waals surface area (Å²) in [7, 11) is 0. The number of nitrogens with zero attached hydrogens (tertiary/aromatic N) is 4. The maximum Gasteiger partial charge on any atom is 0.339 e. The van der Waals surface area contributed by atoms with Gasteiger partial charge in [0.15, 0.2) is 6.10 Å².